The highest BCUT2D eigenvalue weighted by atomic mass is 16.6. The number of amides is 3. The lowest BCUT2D eigenvalue weighted by molar-refractivity contribution is -0.134. The Morgan fingerprint density at radius 2 is 1.54 bits per heavy atom. The van der Waals surface area contributed by atoms with Crippen LogP contribution < -0.4 is 16.0 Å². The molecule has 1 aromatic rings. The van der Waals surface area contributed by atoms with Gasteiger partial charge in [-0.3, -0.25) is 19.2 Å². The van der Waals surface area contributed by atoms with Crippen LogP contribution in [0.4, 0.5) is 0 Å². The fraction of sp³-hybridized carbons (Fsp3) is 0.708. The molecular formula is C24H38N4O7. The number of carbonyl (C=O) groups excluding carboxylic acids is 4. The molecule has 2 heterocycles. The summed E-state index contributed by atoms with van der Waals surface area (Å²) < 4.78 is 15.3. The van der Waals surface area contributed by atoms with Crippen molar-refractivity contribution in [3.05, 3.63) is 17.5 Å². The highest BCUT2D eigenvalue weighted by Crippen LogP contribution is 2.29. The lowest BCUT2D eigenvalue weighted by atomic mass is 9.93. The molecule has 11 nitrogen and oxygen atoms in total. The summed E-state index contributed by atoms with van der Waals surface area (Å²) in [5, 5.41) is 11.8. The first-order valence-electron chi connectivity index (χ1n) is 11.9. The molecule has 3 amide bonds. The molecule has 1 aliphatic rings. The monoisotopic (exact) mass is 494 g/mol. The summed E-state index contributed by atoms with van der Waals surface area (Å²) in [5.41, 5.74) is -0.833. The van der Waals surface area contributed by atoms with Crippen molar-refractivity contribution in [1.82, 2.24) is 21.1 Å². The average Bonchev–Trinajstić information content (AvgIpc) is 3.37. The fourth-order valence-electron chi connectivity index (χ4n) is 3.62. The number of aryl methyl sites for hydroxylation is 1. The van der Waals surface area contributed by atoms with Gasteiger partial charge in [-0.15, -0.1) is 0 Å². The Labute approximate surface area is 206 Å². The van der Waals surface area contributed by atoms with Gasteiger partial charge in [0.15, 0.2) is 11.5 Å². The van der Waals surface area contributed by atoms with Gasteiger partial charge in [-0.1, -0.05) is 32.9 Å². The molecule has 1 aromatic heterocycles. The number of hydrogen-bond acceptors (Lipinski definition) is 8. The molecule has 196 valence electrons. The van der Waals surface area contributed by atoms with Crippen LogP contribution in [0.1, 0.15) is 63.7 Å². The maximum atomic E-state index is 13.1. The van der Waals surface area contributed by atoms with E-state index in [-0.39, 0.29) is 29.9 Å². The fourth-order valence-corrected chi connectivity index (χ4v) is 3.62. The molecule has 1 saturated heterocycles. The lowest BCUT2D eigenvalue weighted by Gasteiger charge is -2.26. The van der Waals surface area contributed by atoms with E-state index in [1.807, 2.05) is 27.7 Å². The second-order valence-corrected chi connectivity index (χ2v) is 10.1. The third-order valence-corrected chi connectivity index (χ3v) is 5.59. The molecule has 0 aromatic carbocycles. The van der Waals surface area contributed by atoms with Crippen molar-refractivity contribution >= 4 is 23.5 Å². The highest BCUT2D eigenvalue weighted by molar-refractivity contribution is 5.99. The Morgan fingerprint density at radius 1 is 1.00 bits per heavy atom. The van der Waals surface area contributed by atoms with Crippen molar-refractivity contribution in [3.8, 4) is 0 Å². The first-order chi connectivity index (χ1) is 16.4. The molecule has 4 atom stereocenters. The molecule has 1 aliphatic heterocycles. The van der Waals surface area contributed by atoms with Crippen LogP contribution in [-0.2, 0) is 23.9 Å². The van der Waals surface area contributed by atoms with Crippen LogP contribution in [0.15, 0.2) is 10.6 Å². The van der Waals surface area contributed by atoms with Crippen molar-refractivity contribution < 1.29 is 33.2 Å². The van der Waals surface area contributed by atoms with Crippen molar-refractivity contribution in [3.63, 3.8) is 0 Å². The van der Waals surface area contributed by atoms with Gasteiger partial charge in [0, 0.05) is 13.2 Å². The van der Waals surface area contributed by atoms with Crippen LogP contribution >= 0.6 is 0 Å². The number of epoxide rings is 1. The SMILES string of the molecule is COCC(NC(=O)C(CC(C)C)NC(=O)c1cc(C)on1)C(=O)NC(CC(C)C)C(=O)[C@@]1(C)CO1. The number of nitrogens with zero attached hydrogens (tertiary/aromatic N) is 1. The molecule has 0 spiro atoms. The minimum absolute atomic E-state index is 0.0565. The average molecular weight is 495 g/mol. The number of methoxy groups -OCH3 is 1. The predicted molar refractivity (Wildman–Crippen MR) is 127 cm³/mol. The van der Waals surface area contributed by atoms with Gasteiger partial charge in [-0.05, 0) is 38.5 Å². The molecule has 0 bridgehead atoms. The third kappa shape index (κ3) is 8.43. The molecule has 11 heteroatoms. The number of nitrogens with one attached hydrogen (secondary N) is 3. The zero-order valence-corrected chi connectivity index (χ0v) is 21.6. The number of ether oxygens (including phenoxy) is 2. The number of hydrogen-bond donors (Lipinski definition) is 3. The summed E-state index contributed by atoms with van der Waals surface area (Å²) in [6.07, 6.45) is 0.764. The van der Waals surface area contributed by atoms with Crippen LogP contribution in [-0.4, -0.2) is 72.7 Å². The summed E-state index contributed by atoms with van der Waals surface area (Å²) in [5.74, 6) is -1.17. The molecule has 3 N–H and O–H groups in total. The quantitative estimate of drug-likeness (QED) is 0.326. The van der Waals surface area contributed by atoms with Gasteiger partial charge in [-0.25, -0.2) is 0 Å². The summed E-state index contributed by atoms with van der Waals surface area (Å²) in [6.45, 7) is 11.3. The molecular weight excluding hydrogens is 456 g/mol. The first kappa shape index (κ1) is 28.4. The molecule has 0 radical (unpaired) electrons. The van der Waals surface area contributed by atoms with E-state index in [0.717, 1.165) is 0 Å². The molecule has 2 rings (SSSR count). The van der Waals surface area contributed by atoms with Crippen molar-refractivity contribution in [2.75, 3.05) is 20.3 Å². The van der Waals surface area contributed by atoms with Crippen molar-refractivity contribution in [1.29, 1.82) is 0 Å². The minimum Gasteiger partial charge on any atom is -0.382 e. The van der Waals surface area contributed by atoms with Gasteiger partial charge in [-0.2, -0.15) is 0 Å². The van der Waals surface area contributed by atoms with E-state index in [2.05, 4.69) is 21.1 Å². The van der Waals surface area contributed by atoms with Crippen molar-refractivity contribution in [2.24, 2.45) is 11.8 Å². The van der Waals surface area contributed by atoms with E-state index in [1.54, 1.807) is 13.8 Å². The van der Waals surface area contributed by atoms with E-state index < -0.39 is 41.4 Å². The number of carbonyl (C=O) groups is 4. The molecule has 0 saturated carbocycles. The molecule has 0 aliphatic carbocycles. The topological polar surface area (TPSA) is 152 Å². The summed E-state index contributed by atoms with van der Waals surface area (Å²) >= 11 is 0. The Balaban J connectivity index is 2.12. The second-order valence-electron chi connectivity index (χ2n) is 10.1. The van der Waals surface area contributed by atoms with E-state index in [9.17, 15) is 19.2 Å². The summed E-state index contributed by atoms with van der Waals surface area (Å²) in [7, 11) is 1.41. The smallest absolute Gasteiger partial charge is 0.274 e. The maximum Gasteiger partial charge on any atom is 0.274 e. The van der Waals surface area contributed by atoms with Crippen LogP contribution in [0.3, 0.4) is 0 Å². The standard InChI is InChI=1S/C24H38N4O7/c1-13(2)8-16(20(29)24(6)12-34-24)25-23(32)19(11-33-7)27-21(30)17(9-14(3)4)26-22(31)18-10-15(5)35-28-18/h10,13-14,16-17,19H,8-9,11-12H2,1-7H3,(H,25,32)(H,26,31)(H,27,30)/t16?,17?,19?,24-/m1/s1. The van der Waals surface area contributed by atoms with Gasteiger partial charge < -0.3 is 29.9 Å². The maximum absolute atomic E-state index is 13.1. The van der Waals surface area contributed by atoms with Crippen LogP contribution in [0, 0.1) is 18.8 Å². The van der Waals surface area contributed by atoms with E-state index in [1.165, 1.54) is 13.2 Å². The number of rotatable bonds is 14. The second kappa shape index (κ2) is 12.3. The Kier molecular flexibility index (Phi) is 9.96. The summed E-state index contributed by atoms with van der Waals surface area (Å²) in [4.78, 5) is 51.6. The first-order valence-corrected chi connectivity index (χ1v) is 11.9. The van der Waals surface area contributed by atoms with Crippen LogP contribution in [0.5, 0.6) is 0 Å². The minimum atomic E-state index is -1.07. The van der Waals surface area contributed by atoms with E-state index in [0.29, 0.717) is 25.2 Å². The van der Waals surface area contributed by atoms with Gasteiger partial charge in [0.25, 0.3) is 5.91 Å². The Morgan fingerprint density at radius 3 is 2.03 bits per heavy atom. The van der Waals surface area contributed by atoms with Crippen LogP contribution in [0.25, 0.3) is 0 Å². The lowest BCUT2D eigenvalue weighted by Crippen LogP contribution is -2.58. The highest BCUT2D eigenvalue weighted by Gasteiger charge is 2.50. The van der Waals surface area contributed by atoms with Gasteiger partial charge >= 0.3 is 0 Å². The van der Waals surface area contributed by atoms with E-state index >= 15 is 0 Å². The normalized spacial score (nSPS) is 19.7. The summed E-state index contributed by atoms with van der Waals surface area (Å²) in [6, 6.07) is -1.27. The molecule has 1 fully saturated rings. The third-order valence-electron chi connectivity index (χ3n) is 5.59. The zero-order valence-electron chi connectivity index (χ0n) is 21.6. The molecule has 35 heavy (non-hydrogen) atoms. The molecule has 3 unspecified atom stereocenters. The van der Waals surface area contributed by atoms with Gasteiger partial charge in [0.1, 0.15) is 23.4 Å². The predicted octanol–water partition coefficient (Wildman–Crippen LogP) is 1.15. The van der Waals surface area contributed by atoms with Crippen molar-refractivity contribution in [2.45, 2.75) is 78.1 Å². The van der Waals surface area contributed by atoms with Crippen LogP contribution in [0.2, 0.25) is 0 Å². The number of ketones is 1. The van der Waals surface area contributed by atoms with Gasteiger partial charge in [0.05, 0.1) is 19.3 Å². The van der Waals surface area contributed by atoms with Gasteiger partial charge in [0.2, 0.25) is 11.8 Å². The number of Topliss-reactive ketones (excluding diaryl/α,β-unsaturated/α-hetero) is 1. The largest absolute Gasteiger partial charge is 0.382 e. The van der Waals surface area contributed by atoms with E-state index in [4.69, 9.17) is 14.0 Å². The zero-order chi connectivity index (χ0) is 26.3. The Hall–Kier alpha value is -2.79. The number of aromatic nitrogens is 1. The Bertz CT molecular complexity index is 907.